The van der Waals surface area contributed by atoms with E-state index in [-0.39, 0.29) is 0 Å². The average molecular weight is 254 g/mol. The van der Waals surface area contributed by atoms with E-state index in [0.29, 0.717) is 0 Å². The molecule has 0 bridgehead atoms. The van der Waals surface area contributed by atoms with Gasteiger partial charge in [-0.1, -0.05) is 6.92 Å². The second-order valence-corrected chi connectivity index (χ2v) is 5.94. The molecule has 1 aliphatic rings. The fourth-order valence-electron chi connectivity index (χ4n) is 2.23. The number of nitrogens with zero attached hydrogens (tertiary/aromatic N) is 1. The van der Waals surface area contributed by atoms with Gasteiger partial charge in [0, 0.05) is 36.2 Å². The summed E-state index contributed by atoms with van der Waals surface area (Å²) in [7, 11) is 1.97. The number of thioether (sulfide) groups is 1. The molecular formula is C13H22N2OS. The largest absolute Gasteiger partial charge is 0.468 e. The number of furan rings is 1. The average Bonchev–Trinajstić information content (AvgIpc) is 2.78. The molecule has 0 amide bonds. The van der Waals surface area contributed by atoms with Crippen molar-refractivity contribution in [1.82, 2.24) is 10.2 Å². The van der Waals surface area contributed by atoms with Gasteiger partial charge in [0.25, 0.3) is 0 Å². The second-order valence-electron chi connectivity index (χ2n) is 4.54. The van der Waals surface area contributed by atoms with Crippen LogP contribution in [0, 0.1) is 0 Å². The van der Waals surface area contributed by atoms with Crippen LogP contribution in [0.5, 0.6) is 0 Å². The van der Waals surface area contributed by atoms with Crippen LogP contribution in [0.3, 0.4) is 0 Å². The van der Waals surface area contributed by atoms with Gasteiger partial charge in [0.15, 0.2) is 0 Å². The zero-order chi connectivity index (χ0) is 12.1. The topological polar surface area (TPSA) is 28.4 Å². The Bertz CT molecular complexity index is 340. The van der Waals surface area contributed by atoms with E-state index in [0.717, 1.165) is 24.1 Å². The molecule has 1 N–H and O–H groups in total. The van der Waals surface area contributed by atoms with E-state index < -0.39 is 0 Å². The van der Waals surface area contributed by atoms with Crippen molar-refractivity contribution in [2.75, 3.05) is 25.9 Å². The Morgan fingerprint density at radius 1 is 1.59 bits per heavy atom. The van der Waals surface area contributed by atoms with E-state index in [1.165, 1.54) is 30.8 Å². The van der Waals surface area contributed by atoms with Crippen LogP contribution in [-0.2, 0) is 13.1 Å². The van der Waals surface area contributed by atoms with Crippen molar-refractivity contribution in [1.29, 1.82) is 0 Å². The van der Waals surface area contributed by atoms with Crippen LogP contribution < -0.4 is 5.32 Å². The summed E-state index contributed by atoms with van der Waals surface area (Å²) >= 11 is 2.11. The molecule has 96 valence electrons. The Morgan fingerprint density at radius 2 is 2.47 bits per heavy atom. The molecule has 1 atom stereocenters. The lowest BCUT2D eigenvalue weighted by molar-refractivity contribution is 0.249. The van der Waals surface area contributed by atoms with Gasteiger partial charge in [-0.25, -0.2) is 0 Å². The summed E-state index contributed by atoms with van der Waals surface area (Å²) in [5, 5.41) is 3.98. The number of hydrogen-bond donors (Lipinski definition) is 1. The highest BCUT2D eigenvalue weighted by Gasteiger charge is 2.20. The van der Waals surface area contributed by atoms with Crippen LogP contribution in [0.1, 0.15) is 24.7 Å². The molecule has 1 fully saturated rings. The minimum absolute atomic E-state index is 0.798. The predicted molar refractivity (Wildman–Crippen MR) is 73.3 cm³/mol. The van der Waals surface area contributed by atoms with Gasteiger partial charge in [-0.2, -0.15) is 11.8 Å². The molecule has 0 radical (unpaired) electrons. The highest BCUT2D eigenvalue weighted by atomic mass is 32.2. The highest BCUT2D eigenvalue weighted by molar-refractivity contribution is 8.00. The molecule has 3 nitrogen and oxygen atoms in total. The smallest absolute Gasteiger partial charge is 0.122 e. The van der Waals surface area contributed by atoms with Gasteiger partial charge in [0.2, 0.25) is 0 Å². The zero-order valence-electron chi connectivity index (χ0n) is 10.7. The monoisotopic (exact) mass is 254 g/mol. The van der Waals surface area contributed by atoms with Crippen molar-refractivity contribution in [3.63, 3.8) is 0 Å². The van der Waals surface area contributed by atoms with Crippen molar-refractivity contribution < 1.29 is 4.42 Å². The van der Waals surface area contributed by atoms with Crippen LogP contribution in [0.4, 0.5) is 0 Å². The molecule has 2 heterocycles. The molecule has 0 aliphatic carbocycles. The van der Waals surface area contributed by atoms with E-state index in [1.807, 2.05) is 7.05 Å². The van der Waals surface area contributed by atoms with Gasteiger partial charge < -0.3 is 9.73 Å². The molecule has 0 spiro atoms. The quantitative estimate of drug-likeness (QED) is 0.873. The van der Waals surface area contributed by atoms with Gasteiger partial charge in [0.05, 0.1) is 12.8 Å². The van der Waals surface area contributed by atoms with E-state index in [1.54, 1.807) is 6.26 Å². The van der Waals surface area contributed by atoms with Crippen LogP contribution in [0.2, 0.25) is 0 Å². The third-order valence-electron chi connectivity index (χ3n) is 3.25. The second kappa shape index (κ2) is 6.47. The van der Waals surface area contributed by atoms with Gasteiger partial charge in [-0.05, 0) is 19.5 Å². The Labute approximate surface area is 108 Å². The van der Waals surface area contributed by atoms with Crippen molar-refractivity contribution in [2.24, 2.45) is 0 Å². The first-order chi connectivity index (χ1) is 8.33. The number of hydrogen-bond acceptors (Lipinski definition) is 4. The molecule has 0 saturated carbocycles. The van der Waals surface area contributed by atoms with Crippen molar-refractivity contribution >= 4 is 11.8 Å². The molecule has 1 aromatic rings. The minimum atomic E-state index is 0.798. The molecule has 0 aromatic carbocycles. The standard InChI is InChI=1S/C13H22N2OS/c1-3-12-9-15(5-7-17-12)10-13-11(8-14-2)4-6-16-13/h4,6,12,14H,3,5,7-10H2,1-2H3. The summed E-state index contributed by atoms with van der Waals surface area (Å²) in [5.74, 6) is 2.38. The molecule has 17 heavy (non-hydrogen) atoms. The van der Waals surface area contributed by atoms with E-state index in [4.69, 9.17) is 4.42 Å². The first-order valence-electron chi connectivity index (χ1n) is 6.37. The highest BCUT2D eigenvalue weighted by Crippen LogP contribution is 2.23. The molecule has 4 heteroatoms. The molecule has 1 saturated heterocycles. The van der Waals surface area contributed by atoms with Crippen molar-refractivity contribution in [3.8, 4) is 0 Å². The lowest BCUT2D eigenvalue weighted by Gasteiger charge is -2.31. The van der Waals surface area contributed by atoms with Crippen LogP contribution in [-0.4, -0.2) is 36.0 Å². The molecule has 1 aromatic heterocycles. The fraction of sp³-hybridized carbons (Fsp3) is 0.692. The summed E-state index contributed by atoms with van der Waals surface area (Å²) in [6.45, 7) is 6.51. The minimum Gasteiger partial charge on any atom is -0.468 e. The fourth-order valence-corrected chi connectivity index (χ4v) is 3.48. The summed E-state index contributed by atoms with van der Waals surface area (Å²) in [5.41, 5.74) is 1.29. The molecule has 1 aliphatic heterocycles. The van der Waals surface area contributed by atoms with E-state index in [2.05, 4.69) is 35.0 Å². The molecule has 2 rings (SSSR count). The Kier molecular flexibility index (Phi) is 4.95. The maximum absolute atomic E-state index is 5.60. The Morgan fingerprint density at radius 3 is 3.24 bits per heavy atom. The van der Waals surface area contributed by atoms with Crippen LogP contribution >= 0.6 is 11.8 Å². The molecule has 1 unspecified atom stereocenters. The number of nitrogens with one attached hydrogen (secondary N) is 1. The zero-order valence-corrected chi connectivity index (χ0v) is 11.6. The predicted octanol–water partition coefficient (Wildman–Crippen LogP) is 2.33. The molecular weight excluding hydrogens is 232 g/mol. The summed E-state index contributed by atoms with van der Waals surface area (Å²) < 4.78 is 5.60. The van der Waals surface area contributed by atoms with E-state index >= 15 is 0 Å². The van der Waals surface area contributed by atoms with Gasteiger partial charge in [0.1, 0.15) is 5.76 Å². The maximum atomic E-state index is 5.60. The van der Waals surface area contributed by atoms with Gasteiger partial charge in [-0.3, -0.25) is 4.90 Å². The van der Waals surface area contributed by atoms with Crippen molar-refractivity contribution in [2.45, 2.75) is 31.7 Å². The van der Waals surface area contributed by atoms with Gasteiger partial charge in [-0.15, -0.1) is 0 Å². The lowest BCUT2D eigenvalue weighted by Crippen LogP contribution is -2.37. The number of rotatable bonds is 5. The normalized spacial score (nSPS) is 21.9. The lowest BCUT2D eigenvalue weighted by atomic mass is 10.2. The SMILES string of the molecule is CCC1CN(Cc2occc2CNC)CCS1. The first kappa shape index (κ1) is 13.0. The first-order valence-corrected chi connectivity index (χ1v) is 7.42. The Balaban J connectivity index is 1.93. The van der Waals surface area contributed by atoms with Gasteiger partial charge >= 0.3 is 0 Å². The van der Waals surface area contributed by atoms with E-state index in [9.17, 15) is 0 Å². The summed E-state index contributed by atoms with van der Waals surface area (Å²) in [4.78, 5) is 2.52. The van der Waals surface area contributed by atoms with Crippen molar-refractivity contribution in [3.05, 3.63) is 23.7 Å². The summed E-state index contributed by atoms with van der Waals surface area (Å²) in [6, 6.07) is 2.07. The maximum Gasteiger partial charge on any atom is 0.122 e. The third-order valence-corrected chi connectivity index (χ3v) is 4.62. The van der Waals surface area contributed by atoms with Crippen LogP contribution in [0.15, 0.2) is 16.7 Å². The van der Waals surface area contributed by atoms with Crippen LogP contribution in [0.25, 0.3) is 0 Å². The third kappa shape index (κ3) is 3.50. The Hall–Kier alpha value is -0.450. The summed E-state index contributed by atoms with van der Waals surface area (Å²) in [6.07, 6.45) is 3.07.